The molecular weight excluding hydrogens is 376 g/mol. The molecule has 2 N–H and O–H groups in total. The van der Waals surface area contributed by atoms with Gasteiger partial charge in [-0.3, -0.25) is 4.79 Å². The van der Waals surface area contributed by atoms with Gasteiger partial charge in [-0.15, -0.1) is 5.10 Å². The average Bonchev–Trinajstić information content (AvgIpc) is 3.40. The normalized spacial score (nSPS) is 18.1. The van der Waals surface area contributed by atoms with E-state index in [-0.39, 0.29) is 18.0 Å². The van der Waals surface area contributed by atoms with Gasteiger partial charge < -0.3 is 25.0 Å². The standard InChI is InChI=1S/C19H22N6O4/c26-18(20-8-12-1-2-12)15-11-25(23-22-15)14-9-24(10-14)19(27)21-13-3-4-16-17(7-13)29-6-5-28-16/h3-4,7,11-12,14H,1-2,5-6,8-10H2,(H,20,26)(H,21,27). The van der Waals surface area contributed by atoms with E-state index in [1.165, 1.54) is 12.8 Å². The topological polar surface area (TPSA) is 111 Å². The second-order valence-electron chi connectivity index (χ2n) is 7.58. The van der Waals surface area contributed by atoms with E-state index in [1.807, 2.05) is 0 Å². The first-order valence-corrected chi connectivity index (χ1v) is 9.81. The summed E-state index contributed by atoms with van der Waals surface area (Å²) < 4.78 is 12.7. The van der Waals surface area contributed by atoms with Gasteiger partial charge in [0.15, 0.2) is 17.2 Å². The van der Waals surface area contributed by atoms with Crippen molar-refractivity contribution in [3.8, 4) is 11.5 Å². The lowest BCUT2D eigenvalue weighted by Crippen LogP contribution is -2.52. The van der Waals surface area contributed by atoms with Crippen LogP contribution in [-0.2, 0) is 0 Å². The van der Waals surface area contributed by atoms with E-state index in [0.717, 1.165) is 0 Å². The van der Waals surface area contributed by atoms with E-state index in [1.54, 1.807) is 34.0 Å². The summed E-state index contributed by atoms with van der Waals surface area (Å²) in [5, 5.41) is 13.7. The maximum Gasteiger partial charge on any atom is 0.321 e. The van der Waals surface area contributed by atoms with Gasteiger partial charge in [-0.1, -0.05) is 5.21 Å². The molecule has 0 spiro atoms. The number of hydrogen-bond donors (Lipinski definition) is 2. The quantitative estimate of drug-likeness (QED) is 0.785. The Morgan fingerprint density at radius 2 is 1.93 bits per heavy atom. The van der Waals surface area contributed by atoms with Crippen LogP contribution < -0.4 is 20.1 Å². The number of nitrogens with one attached hydrogen (secondary N) is 2. The van der Waals surface area contributed by atoms with Gasteiger partial charge in [-0.2, -0.15) is 0 Å². The molecule has 2 aliphatic heterocycles. The maximum absolute atomic E-state index is 12.4. The molecule has 2 fully saturated rings. The first kappa shape index (κ1) is 17.8. The Balaban J connectivity index is 1.13. The van der Waals surface area contributed by atoms with Gasteiger partial charge >= 0.3 is 6.03 Å². The van der Waals surface area contributed by atoms with E-state index < -0.39 is 0 Å². The van der Waals surface area contributed by atoms with Crippen molar-refractivity contribution >= 4 is 17.6 Å². The van der Waals surface area contributed by atoms with Gasteiger partial charge in [0, 0.05) is 31.4 Å². The number of ether oxygens (including phenoxy) is 2. The zero-order valence-electron chi connectivity index (χ0n) is 15.8. The fourth-order valence-corrected chi connectivity index (χ4v) is 3.32. The van der Waals surface area contributed by atoms with Crippen LogP contribution in [0.15, 0.2) is 24.4 Å². The van der Waals surface area contributed by atoms with Crippen LogP contribution in [-0.4, -0.2) is 64.7 Å². The van der Waals surface area contributed by atoms with Gasteiger partial charge in [0.2, 0.25) is 0 Å². The summed E-state index contributed by atoms with van der Waals surface area (Å²) in [4.78, 5) is 26.2. The Morgan fingerprint density at radius 3 is 2.72 bits per heavy atom. The van der Waals surface area contributed by atoms with Gasteiger partial charge in [-0.25, -0.2) is 9.48 Å². The predicted molar refractivity (Wildman–Crippen MR) is 102 cm³/mol. The molecule has 1 aromatic carbocycles. The molecule has 10 heteroatoms. The highest BCUT2D eigenvalue weighted by Crippen LogP contribution is 2.33. The highest BCUT2D eigenvalue weighted by Gasteiger charge is 2.33. The minimum Gasteiger partial charge on any atom is -0.486 e. The minimum atomic E-state index is -0.198. The number of urea groups is 1. The monoisotopic (exact) mass is 398 g/mol. The van der Waals surface area contributed by atoms with Gasteiger partial charge in [0.25, 0.3) is 5.91 Å². The van der Waals surface area contributed by atoms with E-state index in [0.29, 0.717) is 61.6 Å². The lowest BCUT2D eigenvalue weighted by molar-refractivity contribution is 0.0946. The fraction of sp³-hybridized carbons (Fsp3) is 0.474. The Bertz CT molecular complexity index is 935. The summed E-state index contributed by atoms with van der Waals surface area (Å²) in [5.41, 5.74) is 0.961. The lowest BCUT2D eigenvalue weighted by Gasteiger charge is -2.38. The third kappa shape index (κ3) is 3.82. The Labute approximate surface area is 167 Å². The Hall–Kier alpha value is -3.30. The van der Waals surface area contributed by atoms with E-state index in [9.17, 15) is 9.59 Å². The van der Waals surface area contributed by atoms with Crippen molar-refractivity contribution < 1.29 is 19.1 Å². The number of nitrogens with zero attached hydrogens (tertiary/aromatic N) is 4. The van der Waals surface area contributed by atoms with E-state index in [2.05, 4.69) is 20.9 Å². The highest BCUT2D eigenvalue weighted by atomic mass is 16.6. The molecule has 10 nitrogen and oxygen atoms in total. The minimum absolute atomic E-state index is 0.0125. The first-order chi connectivity index (χ1) is 14.2. The molecular formula is C19H22N6O4. The van der Waals surface area contributed by atoms with Gasteiger partial charge in [0.1, 0.15) is 13.2 Å². The van der Waals surface area contributed by atoms with E-state index >= 15 is 0 Å². The average molecular weight is 398 g/mol. The lowest BCUT2D eigenvalue weighted by atomic mass is 10.1. The molecule has 1 aromatic heterocycles. The maximum atomic E-state index is 12.4. The second-order valence-corrected chi connectivity index (χ2v) is 7.58. The van der Waals surface area contributed by atoms with Crippen LogP contribution in [0.3, 0.4) is 0 Å². The molecule has 2 aromatic rings. The molecule has 0 atom stereocenters. The summed E-state index contributed by atoms with van der Waals surface area (Å²) in [7, 11) is 0. The Morgan fingerprint density at radius 1 is 1.14 bits per heavy atom. The first-order valence-electron chi connectivity index (χ1n) is 9.81. The van der Waals surface area contributed by atoms with Crippen molar-refractivity contribution in [1.82, 2.24) is 25.2 Å². The molecule has 29 heavy (non-hydrogen) atoms. The number of carbonyl (C=O) groups excluding carboxylic acids is 2. The fourth-order valence-electron chi connectivity index (χ4n) is 3.32. The molecule has 1 aliphatic carbocycles. The molecule has 1 saturated heterocycles. The van der Waals surface area contributed by atoms with Crippen LogP contribution in [0, 0.1) is 5.92 Å². The Kier molecular flexibility index (Phi) is 4.45. The zero-order chi connectivity index (χ0) is 19.8. The molecule has 0 radical (unpaired) electrons. The van der Waals surface area contributed by atoms with E-state index in [4.69, 9.17) is 9.47 Å². The number of carbonyl (C=O) groups is 2. The predicted octanol–water partition coefficient (Wildman–Crippen LogP) is 1.28. The number of benzene rings is 1. The van der Waals surface area contributed by atoms with Crippen molar-refractivity contribution in [2.24, 2.45) is 5.92 Å². The molecule has 3 aliphatic rings. The smallest absolute Gasteiger partial charge is 0.321 e. The SMILES string of the molecule is O=C(NCC1CC1)c1cn(C2CN(C(=O)Nc3ccc4c(c3)OCCO4)C2)nn1. The van der Waals surface area contributed by atoms with Crippen molar-refractivity contribution in [3.63, 3.8) is 0 Å². The molecule has 3 heterocycles. The molecule has 0 unspecified atom stereocenters. The van der Waals surface area contributed by atoms with Crippen LogP contribution in [0.5, 0.6) is 11.5 Å². The number of anilines is 1. The van der Waals surface area contributed by atoms with Gasteiger partial charge in [0.05, 0.1) is 12.2 Å². The van der Waals surface area contributed by atoms with Crippen LogP contribution in [0.4, 0.5) is 10.5 Å². The van der Waals surface area contributed by atoms with Crippen molar-refractivity contribution in [2.45, 2.75) is 18.9 Å². The number of fused-ring (bicyclic) bond motifs is 1. The number of amides is 3. The number of aromatic nitrogens is 3. The van der Waals surface area contributed by atoms with Crippen LogP contribution in [0.1, 0.15) is 29.4 Å². The third-order valence-corrected chi connectivity index (χ3v) is 5.31. The van der Waals surface area contributed by atoms with Crippen LogP contribution in [0.2, 0.25) is 0 Å². The van der Waals surface area contributed by atoms with Crippen molar-refractivity contribution in [2.75, 3.05) is 38.2 Å². The highest BCUT2D eigenvalue weighted by molar-refractivity contribution is 5.92. The van der Waals surface area contributed by atoms with Crippen LogP contribution in [0.25, 0.3) is 0 Å². The molecule has 0 bridgehead atoms. The van der Waals surface area contributed by atoms with Gasteiger partial charge in [-0.05, 0) is 30.9 Å². The zero-order valence-corrected chi connectivity index (χ0v) is 15.8. The largest absolute Gasteiger partial charge is 0.486 e. The second kappa shape index (κ2) is 7.26. The summed E-state index contributed by atoms with van der Waals surface area (Å²) >= 11 is 0. The summed E-state index contributed by atoms with van der Waals surface area (Å²) in [6.45, 7) is 2.73. The number of hydrogen-bond acceptors (Lipinski definition) is 6. The van der Waals surface area contributed by atoms with Crippen molar-refractivity contribution in [1.29, 1.82) is 0 Å². The molecule has 5 rings (SSSR count). The number of likely N-dealkylation sites (tertiary alicyclic amines) is 1. The summed E-state index contributed by atoms with van der Waals surface area (Å²) in [5.74, 6) is 1.73. The summed E-state index contributed by atoms with van der Waals surface area (Å²) in [6, 6.07) is 5.15. The summed E-state index contributed by atoms with van der Waals surface area (Å²) in [6.07, 6.45) is 4.00. The third-order valence-electron chi connectivity index (χ3n) is 5.31. The van der Waals surface area contributed by atoms with Crippen LogP contribution >= 0.6 is 0 Å². The molecule has 1 saturated carbocycles. The molecule has 3 amide bonds. The molecule has 152 valence electrons. The van der Waals surface area contributed by atoms with Crippen molar-refractivity contribution in [3.05, 3.63) is 30.1 Å². The number of rotatable bonds is 5.